The van der Waals surface area contributed by atoms with E-state index in [0.717, 1.165) is 22.4 Å². The fraction of sp³-hybridized carbons (Fsp3) is 0.375. The van der Waals surface area contributed by atoms with Gasteiger partial charge in [0.25, 0.3) is 0 Å². The molecule has 0 amide bonds. The van der Waals surface area contributed by atoms with Gasteiger partial charge in [-0.3, -0.25) is 4.68 Å². The lowest BCUT2D eigenvalue weighted by Gasteiger charge is -2.21. The number of thiocarbonyl (C=S) groups is 1. The van der Waals surface area contributed by atoms with Crippen LogP contribution in [0.2, 0.25) is 0 Å². The molecule has 1 aromatic carbocycles. The molecule has 2 aromatic rings. The second-order valence-corrected chi connectivity index (χ2v) is 6.63. The van der Waals surface area contributed by atoms with Crippen molar-refractivity contribution in [1.82, 2.24) is 14.7 Å². The lowest BCUT2D eigenvalue weighted by atomic mass is 10.1. The quantitative estimate of drug-likeness (QED) is 0.808. The molecule has 1 aromatic heterocycles. The predicted molar refractivity (Wildman–Crippen MR) is 99.2 cm³/mol. The SMILES string of the molecule is CCn1cc(Br)c(CN(C)C(=S)Nc2ccc(C)cc2C)n1. The first-order chi connectivity index (χ1) is 10.4. The van der Waals surface area contributed by atoms with Gasteiger partial charge in [-0.15, -0.1) is 0 Å². The van der Waals surface area contributed by atoms with Crippen LogP contribution >= 0.6 is 28.1 Å². The molecule has 4 nitrogen and oxygen atoms in total. The van der Waals surface area contributed by atoms with Gasteiger partial charge in [0.1, 0.15) is 0 Å². The van der Waals surface area contributed by atoms with Gasteiger partial charge in [0, 0.05) is 25.5 Å². The number of anilines is 1. The van der Waals surface area contributed by atoms with Crippen LogP contribution in [-0.4, -0.2) is 26.8 Å². The Balaban J connectivity index is 2.04. The van der Waals surface area contributed by atoms with E-state index in [2.05, 4.69) is 65.3 Å². The predicted octanol–water partition coefficient (Wildman–Crippen LogP) is 4.11. The Bertz CT molecular complexity index is 681. The molecule has 0 saturated carbocycles. The third-order valence-corrected chi connectivity index (χ3v) is 4.54. The summed E-state index contributed by atoms with van der Waals surface area (Å²) in [4.78, 5) is 1.99. The van der Waals surface area contributed by atoms with E-state index in [9.17, 15) is 0 Å². The Morgan fingerprint density at radius 3 is 2.73 bits per heavy atom. The lowest BCUT2D eigenvalue weighted by Crippen LogP contribution is -2.31. The Labute approximate surface area is 145 Å². The van der Waals surface area contributed by atoms with Crippen molar-refractivity contribution in [1.29, 1.82) is 0 Å². The van der Waals surface area contributed by atoms with E-state index >= 15 is 0 Å². The molecule has 0 spiro atoms. The van der Waals surface area contributed by atoms with E-state index in [0.29, 0.717) is 11.7 Å². The van der Waals surface area contributed by atoms with E-state index in [1.54, 1.807) is 0 Å². The summed E-state index contributed by atoms with van der Waals surface area (Å²) >= 11 is 9.04. The zero-order chi connectivity index (χ0) is 16.3. The zero-order valence-electron chi connectivity index (χ0n) is 13.4. The van der Waals surface area contributed by atoms with Crippen molar-refractivity contribution in [3.63, 3.8) is 0 Å². The minimum absolute atomic E-state index is 0.657. The molecule has 0 aliphatic carbocycles. The van der Waals surface area contributed by atoms with Crippen molar-refractivity contribution in [2.45, 2.75) is 33.9 Å². The van der Waals surface area contributed by atoms with Crippen LogP contribution < -0.4 is 5.32 Å². The smallest absolute Gasteiger partial charge is 0.173 e. The highest BCUT2D eigenvalue weighted by Gasteiger charge is 2.12. The number of aryl methyl sites for hydroxylation is 3. The molecule has 0 bridgehead atoms. The molecule has 118 valence electrons. The highest BCUT2D eigenvalue weighted by Crippen LogP contribution is 2.19. The van der Waals surface area contributed by atoms with Crippen LogP contribution in [0.25, 0.3) is 0 Å². The van der Waals surface area contributed by atoms with Crippen LogP contribution in [0.5, 0.6) is 0 Å². The summed E-state index contributed by atoms with van der Waals surface area (Å²) < 4.78 is 2.92. The minimum atomic E-state index is 0.657. The van der Waals surface area contributed by atoms with E-state index in [1.807, 2.05) is 22.8 Å². The second-order valence-electron chi connectivity index (χ2n) is 5.38. The molecule has 0 radical (unpaired) electrons. The molecule has 0 aliphatic heterocycles. The number of rotatable bonds is 4. The van der Waals surface area contributed by atoms with Crippen LogP contribution in [0.15, 0.2) is 28.9 Å². The number of aromatic nitrogens is 2. The summed E-state index contributed by atoms with van der Waals surface area (Å²) in [5, 5.41) is 8.52. The topological polar surface area (TPSA) is 33.1 Å². The van der Waals surface area contributed by atoms with Gasteiger partial charge in [-0.2, -0.15) is 5.10 Å². The first kappa shape index (κ1) is 17.0. The van der Waals surface area contributed by atoms with E-state index < -0.39 is 0 Å². The molecule has 0 atom stereocenters. The molecule has 0 saturated heterocycles. The number of nitrogens with zero attached hydrogens (tertiary/aromatic N) is 3. The number of nitrogens with one attached hydrogen (secondary N) is 1. The Morgan fingerprint density at radius 1 is 1.41 bits per heavy atom. The van der Waals surface area contributed by atoms with Gasteiger partial charge < -0.3 is 10.2 Å². The molecule has 0 fully saturated rings. The van der Waals surface area contributed by atoms with Gasteiger partial charge >= 0.3 is 0 Å². The normalized spacial score (nSPS) is 10.6. The van der Waals surface area contributed by atoms with Crippen molar-refractivity contribution >= 4 is 38.9 Å². The van der Waals surface area contributed by atoms with Gasteiger partial charge in [0.05, 0.1) is 16.7 Å². The summed E-state index contributed by atoms with van der Waals surface area (Å²) in [6, 6.07) is 6.29. The summed E-state index contributed by atoms with van der Waals surface area (Å²) in [5.74, 6) is 0. The van der Waals surface area contributed by atoms with E-state index in [4.69, 9.17) is 12.2 Å². The van der Waals surface area contributed by atoms with Crippen LogP contribution in [0.1, 0.15) is 23.7 Å². The fourth-order valence-corrected chi connectivity index (χ4v) is 2.78. The summed E-state index contributed by atoms with van der Waals surface area (Å²) in [5.41, 5.74) is 4.46. The maximum atomic E-state index is 5.49. The van der Waals surface area contributed by atoms with Gasteiger partial charge in [-0.25, -0.2) is 0 Å². The number of benzene rings is 1. The minimum Gasteiger partial charge on any atom is -0.346 e. The third-order valence-electron chi connectivity index (χ3n) is 3.47. The van der Waals surface area contributed by atoms with E-state index in [1.165, 1.54) is 11.1 Å². The van der Waals surface area contributed by atoms with Crippen molar-refractivity contribution in [3.05, 3.63) is 45.7 Å². The monoisotopic (exact) mass is 380 g/mol. The van der Waals surface area contributed by atoms with Crippen LogP contribution in [0, 0.1) is 13.8 Å². The van der Waals surface area contributed by atoms with Crippen molar-refractivity contribution in [2.24, 2.45) is 0 Å². The standard InChI is InChI=1S/C16H21BrN4S/c1-5-21-9-13(17)15(19-21)10-20(4)16(22)18-14-7-6-11(2)8-12(14)3/h6-9H,5,10H2,1-4H3,(H,18,22). The second kappa shape index (κ2) is 7.24. The summed E-state index contributed by atoms with van der Waals surface area (Å²) in [7, 11) is 1.97. The van der Waals surface area contributed by atoms with Crippen LogP contribution in [0.4, 0.5) is 5.69 Å². The van der Waals surface area contributed by atoms with Gasteiger partial charge in [0.15, 0.2) is 5.11 Å². The number of hydrogen-bond acceptors (Lipinski definition) is 2. The molecule has 0 unspecified atom stereocenters. The summed E-state index contributed by atoms with van der Waals surface area (Å²) in [6.07, 6.45) is 1.99. The molecule has 1 N–H and O–H groups in total. The zero-order valence-corrected chi connectivity index (χ0v) is 15.8. The van der Waals surface area contributed by atoms with Crippen LogP contribution in [-0.2, 0) is 13.1 Å². The molecular weight excluding hydrogens is 360 g/mol. The maximum Gasteiger partial charge on any atom is 0.173 e. The number of hydrogen-bond donors (Lipinski definition) is 1. The Morgan fingerprint density at radius 2 is 2.14 bits per heavy atom. The van der Waals surface area contributed by atoms with Gasteiger partial charge in [-0.05, 0) is 60.5 Å². The first-order valence-corrected chi connectivity index (χ1v) is 8.42. The van der Waals surface area contributed by atoms with Gasteiger partial charge in [0.2, 0.25) is 0 Å². The third kappa shape index (κ3) is 4.08. The van der Waals surface area contributed by atoms with Gasteiger partial charge in [-0.1, -0.05) is 17.7 Å². The van der Waals surface area contributed by atoms with Crippen molar-refractivity contribution in [2.75, 3.05) is 12.4 Å². The highest BCUT2D eigenvalue weighted by molar-refractivity contribution is 9.10. The number of halogens is 1. The average Bonchev–Trinajstić information content (AvgIpc) is 2.82. The largest absolute Gasteiger partial charge is 0.346 e. The highest BCUT2D eigenvalue weighted by atomic mass is 79.9. The fourth-order valence-electron chi connectivity index (χ4n) is 2.17. The molecule has 6 heteroatoms. The van der Waals surface area contributed by atoms with Crippen LogP contribution in [0.3, 0.4) is 0 Å². The van der Waals surface area contributed by atoms with E-state index in [-0.39, 0.29) is 0 Å². The molecule has 0 aliphatic rings. The summed E-state index contributed by atoms with van der Waals surface area (Å²) in [6.45, 7) is 7.75. The van der Waals surface area contributed by atoms with Crippen molar-refractivity contribution < 1.29 is 0 Å². The first-order valence-electron chi connectivity index (χ1n) is 7.22. The molecular formula is C16H21BrN4S. The Kier molecular flexibility index (Phi) is 5.58. The lowest BCUT2D eigenvalue weighted by molar-refractivity contribution is 0.491. The van der Waals surface area contributed by atoms with Crippen molar-refractivity contribution in [3.8, 4) is 0 Å². The maximum absolute atomic E-state index is 5.49. The molecule has 2 rings (SSSR count). The Hall–Kier alpha value is -1.40. The average molecular weight is 381 g/mol. The molecule has 1 heterocycles. The molecule has 22 heavy (non-hydrogen) atoms.